The Labute approximate surface area is 156 Å². The van der Waals surface area contributed by atoms with Gasteiger partial charge in [-0.2, -0.15) is 0 Å². The van der Waals surface area contributed by atoms with Crippen molar-refractivity contribution in [1.82, 2.24) is 24.5 Å². The summed E-state index contributed by atoms with van der Waals surface area (Å²) < 4.78 is 2.04. The zero-order valence-electron chi connectivity index (χ0n) is 15.0. The molecule has 2 N–H and O–H groups in total. The van der Waals surface area contributed by atoms with Gasteiger partial charge in [-0.05, 0) is 37.0 Å². The normalized spacial score (nSPS) is 14.4. The largest absolute Gasteiger partial charge is 0.382 e. The number of hydrogen-bond acceptors (Lipinski definition) is 6. The molecule has 0 unspecified atom stereocenters. The van der Waals surface area contributed by atoms with Gasteiger partial charge in [0.25, 0.3) is 0 Å². The number of nitrogens with zero attached hydrogens (tertiary/aromatic N) is 6. The molecule has 0 spiro atoms. The fourth-order valence-corrected chi connectivity index (χ4v) is 3.84. The molecule has 136 valence electrons. The number of fused-ring (bicyclic) bond motifs is 2. The lowest BCUT2D eigenvalue weighted by Crippen LogP contribution is -2.21. The summed E-state index contributed by atoms with van der Waals surface area (Å²) in [6, 6.07) is 10.6. The lowest BCUT2D eigenvalue weighted by molar-refractivity contribution is 0.705. The molecule has 0 radical (unpaired) electrons. The van der Waals surface area contributed by atoms with Crippen LogP contribution in [0.15, 0.2) is 43.0 Å². The summed E-state index contributed by atoms with van der Waals surface area (Å²) in [5.74, 6) is 1.54. The van der Waals surface area contributed by atoms with Crippen molar-refractivity contribution in [3.8, 4) is 0 Å². The van der Waals surface area contributed by atoms with Crippen LogP contribution in [0.25, 0.3) is 22.1 Å². The van der Waals surface area contributed by atoms with Gasteiger partial charge >= 0.3 is 0 Å². The number of hydrogen-bond donors (Lipinski definition) is 1. The number of benzene rings is 1. The van der Waals surface area contributed by atoms with Crippen LogP contribution in [0.2, 0.25) is 0 Å². The van der Waals surface area contributed by atoms with Crippen molar-refractivity contribution in [3.63, 3.8) is 0 Å². The van der Waals surface area contributed by atoms with Gasteiger partial charge in [0.2, 0.25) is 0 Å². The third-order valence-electron chi connectivity index (χ3n) is 5.24. The maximum absolute atomic E-state index is 5.90. The average Bonchev–Trinajstić information content (AvgIpc) is 3.36. The number of imidazole rings is 1. The van der Waals surface area contributed by atoms with E-state index < -0.39 is 0 Å². The smallest absolute Gasteiger partial charge is 0.165 e. The van der Waals surface area contributed by atoms with E-state index in [0.29, 0.717) is 11.3 Å². The van der Waals surface area contributed by atoms with E-state index in [4.69, 9.17) is 10.7 Å². The molecule has 1 saturated heterocycles. The highest BCUT2D eigenvalue weighted by Crippen LogP contribution is 2.27. The number of aryl methyl sites for hydroxylation is 2. The molecule has 0 aliphatic carbocycles. The van der Waals surface area contributed by atoms with E-state index in [9.17, 15) is 0 Å². The Bertz CT molecular complexity index is 1110. The maximum atomic E-state index is 5.90. The Morgan fingerprint density at radius 3 is 2.78 bits per heavy atom. The molecule has 4 aromatic rings. The minimum absolute atomic E-state index is 0.420. The number of nitrogens with two attached hydrogens (primary N) is 1. The molecule has 0 saturated carbocycles. The number of nitrogen functional groups attached to an aromatic ring is 1. The average molecular weight is 359 g/mol. The summed E-state index contributed by atoms with van der Waals surface area (Å²) in [6.07, 6.45) is 6.61. The maximum Gasteiger partial charge on any atom is 0.165 e. The number of rotatable bonds is 4. The second-order valence-electron chi connectivity index (χ2n) is 6.98. The molecule has 1 fully saturated rings. The summed E-state index contributed by atoms with van der Waals surface area (Å²) in [5, 5.41) is 1.18. The molecule has 0 bridgehead atoms. The molecule has 5 rings (SSSR count). The van der Waals surface area contributed by atoms with Crippen LogP contribution in [0, 0.1) is 0 Å². The first-order valence-electron chi connectivity index (χ1n) is 9.34. The van der Waals surface area contributed by atoms with Gasteiger partial charge in [0.1, 0.15) is 17.7 Å². The fourth-order valence-electron chi connectivity index (χ4n) is 3.84. The molecule has 7 heteroatoms. The molecular weight excluding hydrogens is 338 g/mol. The van der Waals surface area contributed by atoms with E-state index in [1.54, 1.807) is 6.33 Å². The first-order valence-corrected chi connectivity index (χ1v) is 9.34. The molecule has 3 aromatic heterocycles. The summed E-state index contributed by atoms with van der Waals surface area (Å²) in [7, 11) is 0. The summed E-state index contributed by atoms with van der Waals surface area (Å²) in [4.78, 5) is 20.1. The molecule has 0 amide bonds. The van der Waals surface area contributed by atoms with Crippen LogP contribution in [0.1, 0.15) is 18.4 Å². The standard InChI is InChI=1S/C20H21N7/c21-18-17-20(23-12-22-18)27(13-24-17)10-7-15-11-14-5-1-2-6-16(14)25-19(15)26-8-3-4-9-26/h1-2,5-6,11-13H,3-4,7-10H2,(H2,21,22,23). The van der Waals surface area contributed by atoms with Gasteiger partial charge in [0.05, 0.1) is 11.8 Å². The summed E-state index contributed by atoms with van der Waals surface area (Å²) in [5.41, 5.74) is 9.66. The van der Waals surface area contributed by atoms with Crippen LogP contribution >= 0.6 is 0 Å². The van der Waals surface area contributed by atoms with E-state index in [1.807, 2.05) is 10.6 Å². The van der Waals surface area contributed by atoms with Crippen molar-refractivity contribution in [2.24, 2.45) is 0 Å². The van der Waals surface area contributed by atoms with Gasteiger partial charge in [-0.1, -0.05) is 18.2 Å². The molecule has 7 nitrogen and oxygen atoms in total. The number of para-hydroxylation sites is 1. The lowest BCUT2D eigenvalue weighted by atomic mass is 10.1. The lowest BCUT2D eigenvalue weighted by Gasteiger charge is -2.21. The highest BCUT2D eigenvalue weighted by atomic mass is 15.2. The molecule has 0 atom stereocenters. The first-order chi connectivity index (χ1) is 13.3. The van der Waals surface area contributed by atoms with E-state index in [0.717, 1.165) is 43.0 Å². The summed E-state index contributed by atoms with van der Waals surface area (Å²) >= 11 is 0. The van der Waals surface area contributed by atoms with Crippen LogP contribution < -0.4 is 10.6 Å². The quantitative estimate of drug-likeness (QED) is 0.603. The van der Waals surface area contributed by atoms with Gasteiger partial charge < -0.3 is 15.2 Å². The van der Waals surface area contributed by atoms with E-state index >= 15 is 0 Å². The zero-order valence-corrected chi connectivity index (χ0v) is 15.0. The second kappa shape index (κ2) is 6.50. The Kier molecular flexibility index (Phi) is 3.85. The van der Waals surface area contributed by atoms with Gasteiger partial charge in [0, 0.05) is 25.0 Å². The molecule has 1 aromatic carbocycles. The van der Waals surface area contributed by atoms with Gasteiger partial charge in [-0.15, -0.1) is 0 Å². The monoisotopic (exact) mass is 359 g/mol. The Morgan fingerprint density at radius 2 is 1.89 bits per heavy atom. The molecule has 1 aliphatic rings. The number of aromatic nitrogens is 5. The van der Waals surface area contributed by atoms with Crippen molar-refractivity contribution < 1.29 is 0 Å². The SMILES string of the molecule is Nc1ncnc2c1ncn2CCc1cc2ccccc2nc1N1CCCC1. The minimum Gasteiger partial charge on any atom is -0.382 e. The predicted octanol–water partition coefficient (Wildman–Crippen LogP) is 2.80. The molecule has 27 heavy (non-hydrogen) atoms. The van der Waals surface area contributed by atoms with Crippen LogP contribution in [0.3, 0.4) is 0 Å². The number of pyridine rings is 1. The minimum atomic E-state index is 0.420. The van der Waals surface area contributed by atoms with Crippen LogP contribution in [-0.2, 0) is 13.0 Å². The van der Waals surface area contributed by atoms with Crippen molar-refractivity contribution >= 4 is 33.7 Å². The molecular formula is C20H21N7. The molecule has 1 aliphatic heterocycles. The summed E-state index contributed by atoms with van der Waals surface area (Å²) in [6.45, 7) is 2.93. The zero-order chi connectivity index (χ0) is 18.2. The van der Waals surface area contributed by atoms with Crippen molar-refractivity contribution in [2.75, 3.05) is 23.7 Å². The predicted molar refractivity (Wildman–Crippen MR) is 107 cm³/mol. The van der Waals surface area contributed by atoms with Crippen molar-refractivity contribution in [3.05, 3.63) is 48.5 Å². The van der Waals surface area contributed by atoms with E-state index in [1.165, 1.54) is 30.1 Å². The fraction of sp³-hybridized carbons (Fsp3) is 0.300. The number of anilines is 2. The Balaban J connectivity index is 1.51. The van der Waals surface area contributed by atoms with Gasteiger partial charge in [0.15, 0.2) is 11.5 Å². The Hall–Kier alpha value is -3.22. The van der Waals surface area contributed by atoms with Crippen LogP contribution in [0.4, 0.5) is 11.6 Å². The second-order valence-corrected chi connectivity index (χ2v) is 6.98. The Morgan fingerprint density at radius 1 is 1.04 bits per heavy atom. The highest BCUT2D eigenvalue weighted by Gasteiger charge is 2.18. The van der Waals surface area contributed by atoms with E-state index in [2.05, 4.69) is 44.1 Å². The highest BCUT2D eigenvalue weighted by molar-refractivity contribution is 5.82. The first kappa shape index (κ1) is 16.0. The van der Waals surface area contributed by atoms with Crippen molar-refractivity contribution in [1.29, 1.82) is 0 Å². The molecule has 4 heterocycles. The van der Waals surface area contributed by atoms with Crippen LogP contribution in [-0.4, -0.2) is 37.6 Å². The third-order valence-corrected chi connectivity index (χ3v) is 5.24. The van der Waals surface area contributed by atoms with Crippen molar-refractivity contribution in [2.45, 2.75) is 25.8 Å². The third kappa shape index (κ3) is 2.85. The van der Waals surface area contributed by atoms with Gasteiger partial charge in [-0.3, -0.25) is 0 Å². The topological polar surface area (TPSA) is 85.8 Å². The van der Waals surface area contributed by atoms with E-state index in [-0.39, 0.29) is 0 Å². The van der Waals surface area contributed by atoms with Gasteiger partial charge in [-0.25, -0.2) is 19.9 Å². The van der Waals surface area contributed by atoms with Crippen LogP contribution in [0.5, 0.6) is 0 Å².